The van der Waals surface area contributed by atoms with E-state index in [-0.39, 0.29) is 5.54 Å². The second kappa shape index (κ2) is 4.81. The first-order valence-electron chi connectivity index (χ1n) is 7.57. The molecule has 3 rings (SSSR count). The maximum Gasteiger partial charge on any atom is 0.0693 e. The van der Waals surface area contributed by atoms with Crippen LogP contribution in [0.5, 0.6) is 0 Å². The van der Waals surface area contributed by atoms with Gasteiger partial charge in [-0.05, 0) is 64.3 Å². The summed E-state index contributed by atoms with van der Waals surface area (Å²) in [6, 6.07) is 8.46. The fraction of sp³-hybridized carbons (Fsp3) is 0.529. The van der Waals surface area contributed by atoms with Gasteiger partial charge in [-0.2, -0.15) is 0 Å². The fourth-order valence-corrected chi connectivity index (χ4v) is 3.42. The van der Waals surface area contributed by atoms with Gasteiger partial charge < -0.3 is 5.84 Å². The first kappa shape index (κ1) is 13.5. The summed E-state index contributed by atoms with van der Waals surface area (Å²) in [5, 5.41) is 1.32. The van der Waals surface area contributed by atoms with Crippen LogP contribution in [0.1, 0.15) is 45.1 Å². The molecule has 1 aromatic carbocycles. The maximum absolute atomic E-state index is 6.09. The number of hydrogen-bond donors (Lipinski definition) is 1. The smallest absolute Gasteiger partial charge is 0.0693 e. The molecule has 2 N–H and O–H groups in total. The van der Waals surface area contributed by atoms with Crippen molar-refractivity contribution in [3.63, 3.8) is 0 Å². The van der Waals surface area contributed by atoms with Gasteiger partial charge in [0.2, 0.25) is 0 Å². The van der Waals surface area contributed by atoms with Crippen LogP contribution in [-0.2, 0) is 0 Å². The van der Waals surface area contributed by atoms with Gasteiger partial charge in [0.1, 0.15) is 0 Å². The van der Waals surface area contributed by atoms with Crippen molar-refractivity contribution in [1.29, 1.82) is 0 Å². The predicted octanol–water partition coefficient (Wildman–Crippen LogP) is 3.33. The third-order valence-corrected chi connectivity index (χ3v) is 4.65. The average molecular weight is 271 g/mol. The Labute approximate surface area is 121 Å². The number of aromatic nitrogens is 1. The molecule has 20 heavy (non-hydrogen) atoms. The third kappa shape index (κ3) is 2.31. The molecule has 3 nitrogen and oxygen atoms in total. The van der Waals surface area contributed by atoms with E-state index >= 15 is 0 Å². The summed E-state index contributed by atoms with van der Waals surface area (Å²) < 4.78 is 1.78. The number of benzene rings is 1. The number of rotatable bonds is 1. The molecule has 0 spiro atoms. The quantitative estimate of drug-likeness (QED) is 0.807. The van der Waals surface area contributed by atoms with Crippen LogP contribution in [0.25, 0.3) is 10.9 Å². The molecule has 2 heterocycles. The molecule has 0 saturated carbocycles. The van der Waals surface area contributed by atoms with E-state index in [4.69, 9.17) is 5.84 Å². The zero-order valence-corrected chi connectivity index (χ0v) is 12.8. The predicted molar refractivity (Wildman–Crippen MR) is 85.4 cm³/mol. The summed E-state index contributed by atoms with van der Waals surface area (Å²) in [6.45, 7) is 9.27. The van der Waals surface area contributed by atoms with E-state index < -0.39 is 0 Å². The number of para-hydroxylation sites is 1. The molecule has 1 fully saturated rings. The zero-order chi connectivity index (χ0) is 14.3. The Morgan fingerprint density at radius 2 is 1.75 bits per heavy atom. The lowest BCUT2D eigenvalue weighted by atomic mass is 9.87. The van der Waals surface area contributed by atoms with Crippen molar-refractivity contribution in [1.82, 2.24) is 9.58 Å². The molecule has 0 amide bonds. The summed E-state index contributed by atoms with van der Waals surface area (Å²) in [7, 11) is 0. The SMILES string of the molecule is CC(C)(C)N1CCC(c2cn(N)c3ccccc23)CC1. The highest BCUT2D eigenvalue weighted by atomic mass is 15.3. The molecule has 1 aliphatic rings. The van der Waals surface area contributed by atoms with Gasteiger partial charge >= 0.3 is 0 Å². The van der Waals surface area contributed by atoms with Gasteiger partial charge in [0.15, 0.2) is 0 Å². The number of piperidine rings is 1. The number of nitrogens with zero attached hydrogens (tertiary/aromatic N) is 2. The minimum Gasteiger partial charge on any atom is -0.339 e. The molecule has 1 aromatic heterocycles. The Hall–Kier alpha value is -1.48. The van der Waals surface area contributed by atoms with Crippen molar-refractivity contribution in [3.05, 3.63) is 36.0 Å². The number of fused-ring (bicyclic) bond motifs is 1. The molecule has 0 aliphatic carbocycles. The summed E-state index contributed by atoms with van der Waals surface area (Å²) in [6.07, 6.45) is 4.58. The molecule has 108 valence electrons. The van der Waals surface area contributed by atoms with Gasteiger partial charge in [-0.25, -0.2) is 0 Å². The van der Waals surface area contributed by atoms with Crippen LogP contribution < -0.4 is 5.84 Å². The van der Waals surface area contributed by atoms with Gasteiger partial charge in [-0.1, -0.05) is 18.2 Å². The highest BCUT2D eigenvalue weighted by Crippen LogP contribution is 2.35. The number of nitrogen functional groups attached to an aromatic ring is 1. The third-order valence-electron chi connectivity index (χ3n) is 4.65. The summed E-state index contributed by atoms with van der Waals surface area (Å²) in [4.78, 5) is 2.59. The minimum atomic E-state index is 0.285. The van der Waals surface area contributed by atoms with Crippen LogP contribution in [0, 0.1) is 0 Å². The molecular weight excluding hydrogens is 246 g/mol. The second-order valence-electron chi connectivity index (χ2n) is 6.94. The molecule has 0 atom stereocenters. The normalized spacial score (nSPS) is 18.8. The van der Waals surface area contributed by atoms with E-state index in [1.54, 1.807) is 4.68 Å². The summed E-state index contributed by atoms with van der Waals surface area (Å²) in [5.41, 5.74) is 2.85. The first-order chi connectivity index (χ1) is 9.47. The fourth-order valence-electron chi connectivity index (χ4n) is 3.42. The van der Waals surface area contributed by atoms with E-state index in [0.29, 0.717) is 5.92 Å². The average Bonchev–Trinajstić information content (AvgIpc) is 2.76. The highest BCUT2D eigenvalue weighted by molar-refractivity contribution is 5.84. The van der Waals surface area contributed by atoms with Gasteiger partial charge in [0.05, 0.1) is 5.52 Å². The Kier molecular flexibility index (Phi) is 3.25. The van der Waals surface area contributed by atoms with Crippen LogP contribution in [0.3, 0.4) is 0 Å². The molecule has 2 aromatic rings. The van der Waals surface area contributed by atoms with Crippen molar-refractivity contribution >= 4 is 10.9 Å². The topological polar surface area (TPSA) is 34.2 Å². The number of hydrogen-bond acceptors (Lipinski definition) is 2. The molecule has 1 saturated heterocycles. The Morgan fingerprint density at radius 3 is 2.40 bits per heavy atom. The first-order valence-corrected chi connectivity index (χ1v) is 7.57. The molecule has 1 aliphatic heterocycles. The second-order valence-corrected chi connectivity index (χ2v) is 6.94. The van der Waals surface area contributed by atoms with Crippen molar-refractivity contribution in [3.8, 4) is 0 Å². The molecule has 3 heteroatoms. The van der Waals surface area contributed by atoms with Crippen LogP contribution in [-0.4, -0.2) is 28.2 Å². The number of likely N-dealkylation sites (tertiary alicyclic amines) is 1. The standard InChI is InChI=1S/C17H25N3/c1-17(2,3)19-10-8-13(9-11-19)15-12-20(18)16-7-5-4-6-14(15)16/h4-7,12-13H,8-11,18H2,1-3H3. The Morgan fingerprint density at radius 1 is 1.10 bits per heavy atom. The lowest BCUT2D eigenvalue weighted by molar-refractivity contribution is 0.102. The van der Waals surface area contributed by atoms with Crippen molar-refractivity contribution in [2.45, 2.75) is 45.1 Å². The van der Waals surface area contributed by atoms with Gasteiger partial charge in [0.25, 0.3) is 0 Å². The van der Waals surface area contributed by atoms with E-state index in [0.717, 1.165) is 5.52 Å². The van der Waals surface area contributed by atoms with Gasteiger partial charge in [-0.3, -0.25) is 9.58 Å². The lowest BCUT2D eigenvalue weighted by Gasteiger charge is -2.40. The summed E-state index contributed by atoms with van der Waals surface area (Å²) in [5.74, 6) is 6.73. The van der Waals surface area contributed by atoms with E-state index in [1.165, 1.54) is 36.9 Å². The minimum absolute atomic E-state index is 0.285. The van der Waals surface area contributed by atoms with Crippen molar-refractivity contribution in [2.24, 2.45) is 0 Å². The Bertz CT molecular complexity index is 598. The van der Waals surface area contributed by atoms with Crippen LogP contribution in [0.15, 0.2) is 30.5 Å². The maximum atomic E-state index is 6.09. The Balaban J connectivity index is 1.84. The van der Waals surface area contributed by atoms with Crippen molar-refractivity contribution in [2.75, 3.05) is 18.9 Å². The summed E-state index contributed by atoms with van der Waals surface area (Å²) >= 11 is 0. The highest BCUT2D eigenvalue weighted by Gasteiger charge is 2.28. The molecular formula is C17H25N3. The van der Waals surface area contributed by atoms with Crippen LogP contribution in [0.2, 0.25) is 0 Å². The lowest BCUT2D eigenvalue weighted by Crippen LogP contribution is -2.45. The molecule has 0 bridgehead atoms. The van der Waals surface area contributed by atoms with Crippen LogP contribution >= 0.6 is 0 Å². The van der Waals surface area contributed by atoms with E-state index in [2.05, 4.69) is 56.1 Å². The van der Waals surface area contributed by atoms with Crippen LogP contribution in [0.4, 0.5) is 0 Å². The van der Waals surface area contributed by atoms with Gasteiger partial charge in [-0.15, -0.1) is 0 Å². The van der Waals surface area contributed by atoms with E-state index in [1.807, 2.05) is 0 Å². The monoisotopic (exact) mass is 271 g/mol. The van der Waals surface area contributed by atoms with Gasteiger partial charge in [0, 0.05) is 17.1 Å². The molecule has 0 unspecified atom stereocenters. The number of nitrogens with two attached hydrogens (primary N) is 1. The zero-order valence-electron chi connectivity index (χ0n) is 12.8. The van der Waals surface area contributed by atoms with E-state index in [9.17, 15) is 0 Å². The van der Waals surface area contributed by atoms with Crippen molar-refractivity contribution < 1.29 is 0 Å². The largest absolute Gasteiger partial charge is 0.339 e. The molecule has 0 radical (unpaired) electrons.